The predicted molar refractivity (Wildman–Crippen MR) is 101 cm³/mol. The second kappa shape index (κ2) is 6.68. The van der Waals surface area contributed by atoms with Crippen LogP contribution in [0, 0.1) is 0 Å². The van der Waals surface area contributed by atoms with E-state index in [0.717, 1.165) is 17.7 Å². The third-order valence-electron chi connectivity index (χ3n) is 4.52. The van der Waals surface area contributed by atoms with Gasteiger partial charge in [-0.2, -0.15) is 5.10 Å². The zero-order valence-corrected chi connectivity index (χ0v) is 15.0. The lowest BCUT2D eigenvalue weighted by Crippen LogP contribution is -2.20. The fourth-order valence-electron chi connectivity index (χ4n) is 3.20. The monoisotopic (exact) mass is 362 g/mol. The topological polar surface area (TPSA) is 78.5 Å². The molecule has 0 spiro atoms. The maximum absolute atomic E-state index is 13.1. The molecule has 3 heterocycles. The number of para-hydroxylation sites is 1. The molecule has 0 N–H and O–H groups in total. The molecule has 0 saturated carbocycles. The molecule has 3 aromatic heterocycles. The van der Waals surface area contributed by atoms with Gasteiger partial charge in [-0.05, 0) is 31.0 Å². The van der Waals surface area contributed by atoms with Crippen LogP contribution in [0.2, 0.25) is 0 Å². The molecule has 136 valence electrons. The summed E-state index contributed by atoms with van der Waals surface area (Å²) in [7, 11) is 0. The predicted octanol–water partition coefficient (Wildman–Crippen LogP) is 2.77. The van der Waals surface area contributed by atoms with E-state index in [0.29, 0.717) is 16.6 Å². The highest BCUT2D eigenvalue weighted by Crippen LogP contribution is 2.18. The van der Waals surface area contributed by atoms with Gasteiger partial charge in [-0.3, -0.25) is 9.36 Å². The van der Waals surface area contributed by atoms with Crippen LogP contribution in [0.15, 0.2) is 53.7 Å². The number of carbonyl (C=O) groups is 1. The molecule has 0 aliphatic rings. The Morgan fingerprint density at radius 2 is 1.96 bits per heavy atom. The Labute approximate surface area is 154 Å². The van der Waals surface area contributed by atoms with E-state index in [2.05, 4.69) is 17.0 Å². The Balaban J connectivity index is 1.94. The number of aryl methyl sites for hydroxylation is 1. The molecule has 0 bridgehead atoms. The van der Waals surface area contributed by atoms with E-state index in [1.54, 1.807) is 23.8 Å². The van der Waals surface area contributed by atoms with Gasteiger partial charge in [0.15, 0.2) is 5.65 Å². The number of ether oxygens (including phenoxy) is 1. The highest BCUT2D eigenvalue weighted by atomic mass is 16.5. The number of nitrogens with zero attached hydrogens (tertiary/aromatic N) is 4. The summed E-state index contributed by atoms with van der Waals surface area (Å²) in [5.41, 5.74) is 2.98. The van der Waals surface area contributed by atoms with Gasteiger partial charge in [-0.15, -0.1) is 0 Å². The number of aromatic nitrogens is 4. The SMILES string of the molecule is CCOC(=O)c1cnn2c1ncc1c(=O)n(-c3ccccc3CC)ccc12. The molecule has 7 heteroatoms. The number of hydrogen-bond acceptors (Lipinski definition) is 5. The molecular weight excluding hydrogens is 344 g/mol. The van der Waals surface area contributed by atoms with E-state index in [-0.39, 0.29) is 17.7 Å². The number of fused-ring (bicyclic) bond motifs is 3. The van der Waals surface area contributed by atoms with Crippen LogP contribution in [-0.2, 0) is 11.2 Å². The average molecular weight is 362 g/mol. The second-order valence-corrected chi connectivity index (χ2v) is 6.04. The third kappa shape index (κ3) is 2.68. The van der Waals surface area contributed by atoms with Gasteiger partial charge in [0.1, 0.15) is 5.56 Å². The number of rotatable bonds is 4. The van der Waals surface area contributed by atoms with E-state index >= 15 is 0 Å². The van der Waals surface area contributed by atoms with Crippen molar-refractivity contribution in [1.82, 2.24) is 19.2 Å². The average Bonchev–Trinajstić information content (AvgIpc) is 3.13. The second-order valence-electron chi connectivity index (χ2n) is 6.04. The summed E-state index contributed by atoms with van der Waals surface area (Å²) in [6.07, 6.45) is 5.45. The van der Waals surface area contributed by atoms with Gasteiger partial charge in [-0.1, -0.05) is 25.1 Å². The number of benzene rings is 1. The lowest BCUT2D eigenvalue weighted by atomic mass is 10.1. The Morgan fingerprint density at radius 3 is 2.74 bits per heavy atom. The Hall–Kier alpha value is -3.48. The van der Waals surface area contributed by atoms with E-state index in [1.807, 2.05) is 24.3 Å². The van der Waals surface area contributed by atoms with Crippen molar-refractivity contribution in [3.63, 3.8) is 0 Å². The molecule has 0 amide bonds. The minimum atomic E-state index is -0.482. The summed E-state index contributed by atoms with van der Waals surface area (Å²) in [6.45, 7) is 4.06. The maximum atomic E-state index is 13.1. The minimum Gasteiger partial charge on any atom is -0.462 e. The summed E-state index contributed by atoms with van der Waals surface area (Å²) in [6, 6.07) is 9.60. The molecular formula is C20H18N4O3. The summed E-state index contributed by atoms with van der Waals surface area (Å²) in [5.74, 6) is -0.482. The van der Waals surface area contributed by atoms with E-state index in [1.165, 1.54) is 16.9 Å². The smallest absolute Gasteiger partial charge is 0.343 e. The summed E-state index contributed by atoms with van der Waals surface area (Å²) in [5, 5.41) is 4.66. The van der Waals surface area contributed by atoms with E-state index < -0.39 is 5.97 Å². The molecule has 7 nitrogen and oxygen atoms in total. The van der Waals surface area contributed by atoms with Gasteiger partial charge >= 0.3 is 5.97 Å². The fraction of sp³-hybridized carbons (Fsp3) is 0.200. The Morgan fingerprint density at radius 1 is 1.15 bits per heavy atom. The molecule has 0 unspecified atom stereocenters. The van der Waals surface area contributed by atoms with Gasteiger partial charge in [0, 0.05) is 12.4 Å². The van der Waals surface area contributed by atoms with Gasteiger partial charge in [0.05, 0.1) is 29.4 Å². The van der Waals surface area contributed by atoms with Gasteiger partial charge in [0.25, 0.3) is 5.56 Å². The molecule has 0 fully saturated rings. The molecule has 4 rings (SSSR count). The molecule has 0 aliphatic heterocycles. The Kier molecular flexibility index (Phi) is 4.19. The lowest BCUT2D eigenvalue weighted by molar-refractivity contribution is 0.0528. The first-order valence-electron chi connectivity index (χ1n) is 8.79. The standard InChI is InChI=1S/C20H18N4O3/c1-3-13-7-5-6-8-16(13)23-10-9-17-14(19(23)25)11-21-18-15(12-22-24(17)18)20(26)27-4-2/h5-12H,3-4H2,1-2H3. The molecule has 0 aliphatic carbocycles. The van der Waals surface area contributed by atoms with Crippen molar-refractivity contribution in [2.24, 2.45) is 0 Å². The van der Waals surface area contributed by atoms with Crippen molar-refractivity contribution >= 4 is 22.5 Å². The normalized spacial score (nSPS) is 11.2. The molecule has 0 saturated heterocycles. The van der Waals surface area contributed by atoms with Gasteiger partial charge in [0.2, 0.25) is 0 Å². The first-order chi connectivity index (χ1) is 13.2. The lowest BCUT2D eigenvalue weighted by Gasteiger charge is -2.11. The third-order valence-corrected chi connectivity index (χ3v) is 4.52. The van der Waals surface area contributed by atoms with E-state index in [9.17, 15) is 9.59 Å². The molecule has 27 heavy (non-hydrogen) atoms. The van der Waals surface area contributed by atoms with Crippen LogP contribution in [-0.4, -0.2) is 31.7 Å². The van der Waals surface area contributed by atoms with Crippen molar-refractivity contribution in [3.8, 4) is 5.69 Å². The maximum Gasteiger partial charge on any atom is 0.343 e. The fourth-order valence-corrected chi connectivity index (χ4v) is 3.20. The molecule has 0 atom stereocenters. The van der Waals surface area contributed by atoms with Crippen molar-refractivity contribution in [2.45, 2.75) is 20.3 Å². The van der Waals surface area contributed by atoms with Crippen molar-refractivity contribution in [1.29, 1.82) is 0 Å². The van der Waals surface area contributed by atoms with Crippen LogP contribution in [0.5, 0.6) is 0 Å². The van der Waals surface area contributed by atoms with Gasteiger partial charge < -0.3 is 4.74 Å². The molecule has 1 aromatic carbocycles. The summed E-state index contributed by atoms with van der Waals surface area (Å²) < 4.78 is 8.15. The summed E-state index contributed by atoms with van der Waals surface area (Å²) in [4.78, 5) is 29.4. The van der Waals surface area contributed by atoms with Crippen LogP contribution in [0.25, 0.3) is 22.2 Å². The number of carbonyl (C=O) groups excluding carboxylic acids is 1. The number of esters is 1. The van der Waals surface area contributed by atoms with Crippen LogP contribution >= 0.6 is 0 Å². The Bertz CT molecular complexity index is 1220. The first-order valence-corrected chi connectivity index (χ1v) is 8.79. The summed E-state index contributed by atoms with van der Waals surface area (Å²) >= 11 is 0. The molecule has 4 aromatic rings. The first kappa shape index (κ1) is 17.0. The van der Waals surface area contributed by atoms with Crippen LogP contribution < -0.4 is 5.56 Å². The van der Waals surface area contributed by atoms with Gasteiger partial charge in [-0.25, -0.2) is 14.3 Å². The highest BCUT2D eigenvalue weighted by Gasteiger charge is 2.18. The van der Waals surface area contributed by atoms with Crippen molar-refractivity contribution < 1.29 is 9.53 Å². The van der Waals surface area contributed by atoms with Crippen LogP contribution in [0.4, 0.5) is 0 Å². The largest absolute Gasteiger partial charge is 0.462 e. The quantitative estimate of drug-likeness (QED) is 0.522. The highest BCUT2D eigenvalue weighted by molar-refractivity contribution is 5.97. The van der Waals surface area contributed by atoms with Crippen LogP contribution in [0.1, 0.15) is 29.8 Å². The zero-order chi connectivity index (χ0) is 19.0. The van der Waals surface area contributed by atoms with Crippen LogP contribution in [0.3, 0.4) is 0 Å². The molecule has 0 radical (unpaired) electrons. The number of pyridine rings is 1. The minimum absolute atomic E-state index is 0.184. The zero-order valence-electron chi connectivity index (χ0n) is 15.0. The number of hydrogen-bond donors (Lipinski definition) is 0. The van der Waals surface area contributed by atoms with Crippen molar-refractivity contribution in [3.05, 3.63) is 70.4 Å². The van der Waals surface area contributed by atoms with Crippen molar-refractivity contribution in [2.75, 3.05) is 6.61 Å². The van der Waals surface area contributed by atoms with E-state index in [4.69, 9.17) is 4.74 Å².